The molecule has 0 bridgehead atoms. The standard InChI is InChI=1S/C29H39FN6O2/c1-4-28(37)32-25-12-9-21(19-35(2)15-5-6-20-7-10-23(30)11-8-20)26(17-25)34-29(38)33-24-13-14-27-22(16-24)18-31-36(27)3/h7-8,10-11,13-14,16,18,21,25-26H,4-6,9,12,15,17,19H2,1-3H3,(H,32,37)(H2,33,34,38). The Balaban J connectivity index is 1.34. The van der Waals surface area contributed by atoms with Crippen LogP contribution in [0.25, 0.3) is 10.9 Å². The van der Waals surface area contributed by atoms with E-state index in [1.807, 2.05) is 44.3 Å². The second-order valence-electron chi connectivity index (χ2n) is 10.4. The normalized spacial score (nSPS) is 19.4. The van der Waals surface area contributed by atoms with E-state index in [1.54, 1.807) is 10.9 Å². The molecule has 2 aromatic carbocycles. The fourth-order valence-electron chi connectivity index (χ4n) is 5.36. The van der Waals surface area contributed by atoms with Crippen molar-refractivity contribution in [2.75, 3.05) is 25.5 Å². The van der Waals surface area contributed by atoms with Gasteiger partial charge in [-0.15, -0.1) is 0 Å². The van der Waals surface area contributed by atoms with Crippen LogP contribution in [0.1, 0.15) is 44.6 Å². The van der Waals surface area contributed by atoms with E-state index in [0.717, 1.165) is 55.2 Å². The van der Waals surface area contributed by atoms with Gasteiger partial charge >= 0.3 is 6.03 Å². The molecule has 0 aliphatic heterocycles. The van der Waals surface area contributed by atoms with Crippen molar-refractivity contribution < 1.29 is 14.0 Å². The first-order valence-corrected chi connectivity index (χ1v) is 13.5. The molecule has 1 heterocycles. The van der Waals surface area contributed by atoms with Crippen LogP contribution in [-0.2, 0) is 18.3 Å². The summed E-state index contributed by atoms with van der Waals surface area (Å²) in [4.78, 5) is 27.4. The molecule has 1 saturated carbocycles. The van der Waals surface area contributed by atoms with Gasteiger partial charge in [-0.05, 0) is 87.5 Å². The van der Waals surface area contributed by atoms with Crippen molar-refractivity contribution in [2.24, 2.45) is 13.0 Å². The molecule has 3 N–H and O–H groups in total. The van der Waals surface area contributed by atoms with Crippen LogP contribution < -0.4 is 16.0 Å². The fourth-order valence-corrected chi connectivity index (χ4v) is 5.36. The van der Waals surface area contributed by atoms with E-state index in [1.165, 1.54) is 12.1 Å². The van der Waals surface area contributed by atoms with Crippen LogP contribution in [0, 0.1) is 11.7 Å². The molecule has 0 radical (unpaired) electrons. The van der Waals surface area contributed by atoms with Gasteiger partial charge in [0.05, 0.1) is 11.7 Å². The van der Waals surface area contributed by atoms with Crippen LogP contribution >= 0.6 is 0 Å². The number of fused-ring (bicyclic) bond motifs is 1. The molecule has 1 aromatic heterocycles. The van der Waals surface area contributed by atoms with E-state index in [4.69, 9.17) is 0 Å². The number of aromatic nitrogens is 2. The summed E-state index contributed by atoms with van der Waals surface area (Å²) in [5, 5.41) is 14.5. The van der Waals surface area contributed by atoms with Crippen molar-refractivity contribution in [1.29, 1.82) is 0 Å². The van der Waals surface area contributed by atoms with Gasteiger partial charge in [-0.25, -0.2) is 9.18 Å². The number of aryl methyl sites for hydroxylation is 2. The number of carbonyl (C=O) groups excluding carboxylic acids is 2. The molecule has 9 heteroatoms. The highest BCUT2D eigenvalue weighted by atomic mass is 19.1. The van der Waals surface area contributed by atoms with Gasteiger partial charge in [0.1, 0.15) is 5.82 Å². The lowest BCUT2D eigenvalue weighted by Gasteiger charge is -2.38. The van der Waals surface area contributed by atoms with Crippen molar-refractivity contribution in [3.05, 3.63) is 60.0 Å². The van der Waals surface area contributed by atoms with Gasteiger partial charge in [0.15, 0.2) is 0 Å². The van der Waals surface area contributed by atoms with E-state index in [0.29, 0.717) is 18.5 Å². The van der Waals surface area contributed by atoms with Gasteiger partial charge in [-0.1, -0.05) is 19.1 Å². The predicted octanol–water partition coefficient (Wildman–Crippen LogP) is 4.46. The Hall–Kier alpha value is -3.46. The number of nitrogens with one attached hydrogen (secondary N) is 3. The molecule has 3 unspecified atom stereocenters. The lowest BCUT2D eigenvalue weighted by Crippen LogP contribution is -2.53. The smallest absolute Gasteiger partial charge is 0.319 e. The summed E-state index contributed by atoms with van der Waals surface area (Å²) in [6.45, 7) is 3.61. The molecular weight excluding hydrogens is 483 g/mol. The molecule has 8 nitrogen and oxygen atoms in total. The molecule has 3 amide bonds. The van der Waals surface area contributed by atoms with Crippen LogP contribution in [0.4, 0.5) is 14.9 Å². The average Bonchev–Trinajstić information content (AvgIpc) is 3.26. The van der Waals surface area contributed by atoms with Crippen molar-refractivity contribution in [3.8, 4) is 0 Å². The van der Waals surface area contributed by atoms with Gasteiger partial charge in [0.2, 0.25) is 5.91 Å². The summed E-state index contributed by atoms with van der Waals surface area (Å²) in [5.74, 6) is 0.100. The molecule has 3 aromatic rings. The number of amides is 3. The zero-order valence-corrected chi connectivity index (χ0v) is 22.5. The third kappa shape index (κ3) is 7.54. The minimum Gasteiger partial charge on any atom is -0.353 e. The number of hydrogen-bond acceptors (Lipinski definition) is 4. The maximum absolute atomic E-state index is 13.2. The van der Waals surface area contributed by atoms with Gasteiger partial charge in [0.25, 0.3) is 0 Å². The van der Waals surface area contributed by atoms with Crippen LogP contribution in [0.2, 0.25) is 0 Å². The van der Waals surface area contributed by atoms with Gasteiger partial charge in [0, 0.05) is 43.2 Å². The molecule has 1 aliphatic rings. The Morgan fingerprint density at radius 2 is 1.92 bits per heavy atom. The maximum Gasteiger partial charge on any atom is 0.319 e. The Morgan fingerprint density at radius 3 is 2.68 bits per heavy atom. The number of nitrogens with zero attached hydrogens (tertiary/aromatic N) is 3. The first-order chi connectivity index (χ1) is 18.3. The summed E-state index contributed by atoms with van der Waals surface area (Å²) >= 11 is 0. The molecule has 3 atom stereocenters. The van der Waals surface area contributed by atoms with Crippen LogP contribution in [0.5, 0.6) is 0 Å². The Kier molecular flexibility index (Phi) is 9.33. The molecule has 0 spiro atoms. The van der Waals surface area contributed by atoms with E-state index in [9.17, 15) is 14.0 Å². The van der Waals surface area contributed by atoms with Crippen LogP contribution in [-0.4, -0.2) is 58.8 Å². The van der Waals surface area contributed by atoms with Crippen molar-refractivity contribution >= 4 is 28.5 Å². The molecule has 1 aliphatic carbocycles. The largest absolute Gasteiger partial charge is 0.353 e. The first-order valence-electron chi connectivity index (χ1n) is 13.5. The third-order valence-electron chi connectivity index (χ3n) is 7.46. The van der Waals surface area contributed by atoms with E-state index in [-0.39, 0.29) is 35.8 Å². The maximum atomic E-state index is 13.2. The van der Waals surface area contributed by atoms with Crippen LogP contribution in [0.15, 0.2) is 48.7 Å². The number of benzene rings is 2. The summed E-state index contributed by atoms with van der Waals surface area (Å²) < 4.78 is 15.0. The molecular formula is C29H39FN6O2. The topological polar surface area (TPSA) is 91.3 Å². The zero-order valence-electron chi connectivity index (χ0n) is 22.5. The number of anilines is 1. The highest BCUT2D eigenvalue weighted by molar-refractivity contribution is 5.92. The minimum absolute atomic E-state index is 0.0411. The lowest BCUT2D eigenvalue weighted by molar-refractivity contribution is -0.121. The summed E-state index contributed by atoms with van der Waals surface area (Å²) in [6, 6.07) is 12.2. The molecule has 204 valence electrons. The quantitative estimate of drug-likeness (QED) is 0.367. The number of halogens is 1. The second kappa shape index (κ2) is 12.9. The van der Waals surface area contributed by atoms with Gasteiger partial charge in [-0.3, -0.25) is 9.48 Å². The fraction of sp³-hybridized carbons (Fsp3) is 0.483. The predicted molar refractivity (Wildman–Crippen MR) is 148 cm³/mol. The lowest BCUT2D eigenvalue weighted by atomic mass is 9.81. The average molecular weight is 523 g/mol. The van der Waals surface area contributed by atoms with Gasteiger partial charge < -0.3 is 20.9 Å². The number of rotatable bonds is 10. The Bertz CT molecular complexity index is 1230. The van der Waals surface area contributed by atoms with Crippen LogP contribution in [0.3, 0.4) is 0 Å². The summed E-state index contributed by atoms with van der Waals surface area (Å²) in [5.41, 5.74) is 2.84. The second-order valence-corrected chi connectivity index (χ2v) is 10.4. The number of hydrogen-bond donors (Lipinski definition) is 3. The van der Waals surface area contributed by atoms with E-state index >= 15 is 0 Å². The molecule has 38 heavy (non-hydrogen) atoms. The highest BCUT2D eigenvalue weighted by Crippen LogP contribution is 2.27. The summed E-state index contributed by atoms with van der Waals surface area (Å²) in [6.07, 6.45) is 6.62. The van der Waals surface area contributed by atoms with Gasteiger partial charge in [-0.2, -0.15) is 5.10 Å². The Labute approximate surface area is 224 Å². The number of carbonyl (C=O) groups is 2. The molecule has 0 saturated heterocycles. The van der Waals surface area contributed by atoms with Crippen molar-refractivity contribution in [1.82, 2.24) is 25.3 Å². The SMILES string of the molecule is CCC(=O)NC1CCC(CN(C)CCCc2ccc(F)cc2)C(NC(=O)Nc2ccc3c(cnn3C)c2)C1. The van der Waals surface area contributed by atoms with Crippen molar-refractivity contribution in [2.45, 2.75) is 57.5 Å². The van der Waals surface area contributed by atoms with E-state index in [2.05, 4.69) is 33.0 Å². The highest BCUT2D eigenvalue weighted by Gasteiger charge is 2.33. The summed E-state index contributed by atoms with van der Waals surface area (Å²) in [7, 11) is 3.99. The first kappa shape index (κ1) is 27.6. The molecule has 1 fully saturated rings. The zero-order chi connectivity index (χ0) is 27.1. The Morgan fingerprint density at radius 1 is 1.13 bits per heavy atom. The van der Waals surface area contributed by atoms with E-state index < -0.39 is 0 Å². The minimum atomic E-state index is -0.246. The monoisotopic (exact) mass is 522 g/mol. The number of urea groups is 1. The third-order valence-corrected chi connectivity index (χ3v) is 7.46. The molecule has 4 rings (SSSR count). The van der Waals surface area contributed by atoms with Crippen molar-refractivity contribution in [3.63, 3.8) is 0 Å².